The summed E-state index contributed by atoms with van der Waals surface area (Å²) in [6.07, 6.45) is 5.19. The van der Waals surface area contributed by atoms with Crippen molar-refractivity contribution in [1.82, 2.24) is 14.7 Å². The third-order valence-electron chi connectivity index (χ3n) is 4.06. The summed E-state index contributed by atoms with van der Waals surface area (Å²) < 4.78 is 11.0. The molecule has 0 N–H and O–H groups in total. The maximum Gasteiger partial charge on any atom is 0.320 e. The molecule has 1 atom stereocenters. The van der Waals surface area contributed by atoms with Crippen molar-refractivity contribution in [3.8, 4) is 0 Å². The van der Waals surface area contributed by atoms with Gasteiger partial charge in [0.25, 0.3) is 0 Å². The SMILES string of the molecule is C=CCN(CC(=O)N(Cc1ccco1)CC1CCCO1)C(=O)N(C)C. The van der Waals surface area contributed by atoms with Gasteiger partial charge in [-0.1, -0.05) is 6.08 Å². The second-order valence-corrected chi connectivity index (χ2v) is 6.33. The van der Waals surface area contributed by atoms with Crippen molar-refractivity contribution in [3.63, 3.8) is 0 Å². The highest BCUT2D eigenvalue weighted by Crippen LogP contribution is 2.16. The first kappa shape index (κ1) is 19.1. The van der Waals surface area contributed by atoms with Crippen molar-refractivity contribution in [2.24, 2.45) is 0 Å². The molecule has 2 rings (SSSR count). The lowest BCUT2D eigenvalue weighted by Gasteiger charge is -2.29. The van der Waals surface area contributed by atoms with Crippen LogP contribution in [0, 0.1) is 0 Å². The standard InChI is InChI=1S/C18H27N3O4/c1-4-9-20(18(23)19(2)3)14-17(22)21(12-15-7-5-10-24-15)13-16-8-6-11-25-16/h4-5,7,10,16H,1,6,8-9,11-14H2,2-3H3. The van der Waals surface area contributed by atoms with Crippen LogP contribution in [0.2, 0.25) is 0 Å². The van der Waals surface area contributed by atoms with Crippen molar-refractivity contribution >= 4 is 11.9 Å². The van der Waals surface area contributed by atoms with E-state index in [0.717, 1.165) is 19.4 Å². The van der Waals surface area contributed by atoms with E-state index in [0.29, 0.717) is 25.4 Å². The molecule has 7 heteroatoms. The molecule has 1 aliphatic rings. The van der Waals surface area contributed by atoms with Crippen LogP contribution in [0.5, 0.6) is 0 Å². The van der Waals surface area contributed by atoms with E-state index in [2.05, 4.69) is 6.58 Å². The van der Waals surface area contributed by atoms with Crippen molar-refractivity contribution in [3.05, 3.63) is 36.8 Å². The summed E-state index contributed by atoms with van der Waals surface area (Å²) in [7, 11) is 3.33. The number of hydrogen-bond donors (Lipinski definition) is 0. The molecule has 138 valence electrons. The number of carbonyl (C=O) groups excluding carboxylic acids is 2. The second-order valence-electron chi connectivity index (χ2n) is 6.33. The van der Waals surface area contributed by atoms with Gasteiger partial charge in [-0.2, -0.15) is 0 Å². The Hall–Kier alpha value is -2.28. The summed E-state index contributed by atoms with van der Waals surface area (Å²) in [6, 6.07) is 3.41. The minimum Gasteiger partial charge on any atom is -0.467 e. The number of ether oxygens (including phenoxy) is 1. The van der Waals surface area contributed by atoms with Crippen molar-refractivity contribution in [1.29, 1.82) is 0 Å². The molecule has 0 radical (unpaired) electrons. The van der Waals surface area contributed by atoms with Gasteiger partial charge in [0.15, 0.2) is 0 Å². The van der Waals surface area contributed by atoms with E-state index in [9.17, 15) is 9.59 Å². The van der Waals surface area contributed by atoms with Gasteiger partial charge in [-0.3, -0.25) is 4.79 Å². The Morgan fingerprint density at radius 1 is 1.36 bits per heavy atom. The topological polar surface area (TPSA) is 66.2 Å². The Morgan fingerprint density at radius 3 is 2.72 bits per heavy atom. The van der Waals surface area contributed by atoms with Crippen LogP contribution in [0.25, 0.3) is 0 Å². The molecule has 1 saturated heterocycles. The Kier molecular flexibility index (Phi) is 7.06. The van der Waals surface area contributed by atoms with Crippen LogP contribution in [0.4, 0.5) is 4.79 Å². The van der Waals surface area contributed by atoms with E-state index in [4.69, 9.17) is 9.15 Å². The zero-order chi connectivity index (χ0) is 18.2. The lowest BCUT2D eigenvalue weighted by atomic mass is 10.2. The zero-order valence-corrected chi connectivity index (χ0v) is 15.0. The van der Waals surface area contributed by atoms with Gasteiger partial charge >= 0.3 is 6.03 Å². The average molecular weight is 349 g/mol. The van der Waals surface area contributed by atoms with Crippen LogP contribution < -0.4 is 0 Å². The van der Waals surface area contributed by atoms with Gasteiger partial charge in [0.2, 0.25) is 5.91 Å². The molecular weight excluding hydrogens is 322 g/mol. The zero-order valence-electron chi connectivity index (χ0n) is 15.0. The van der Waals surface area contributed by atoms with Crippen molar-refractivity contribution < 1.29 is 18.7 Å². The fourth-order valence-corrected chi connectivity index (χ4v) is 2.79. The fourth-order valence-electron chi connectivity index (χ4n) is 2.79. The molecule has 1 unspecified atom stereocenters. The summed E-state index contributed by atoms with van der Waals surface area (Å²) in [5.74, 6) is 0.574. The maximum absolute atomic E-state index is 12.9. The van der Waals surface area contributed by atoms with E-state index >= 15 is 0 Å². The Labute approximate surface area is 148 Å². The first-order valence-electron chi connectivity index (χ1n) is 8.50. The molecule has 1 aliphatic heterocycles. The van der Waals surface area contributed by atoms with E-state index < -0.39 is 0 Å². The van der Waals surface area contributed by atoms with E-state index in [1.165, 1.54) is 9.80 Å². The molecule has 0 bridgehead atoms. The number of nitrogens with zero attached hydrogens (tertiary/aromatic N) is 3. The van der Waals surface area contributed by atoms with Crippen LogP contribution >= 0.6 is 0 Å². The Balaban J connectivity index is 2.06. The highest BCUT2D eigenvalue weighted by molar-refractivity contribution is 5.84. The smallest absolute Gasteiger partial charge is 0.320 e. The number of carbonyl (C=O) groups is 2. The number of amides is 3. The summed E-state index contributed by atoms with van der Waals surface area (Å²) in [5, 5.41) is 0. The normalized spacial score (nSPS) is 16.5. The number of furan rings is 1. The monoisotopic (exact) mass is 349 g/mol. The van der Waals surface area contributed by atoms with Crippen LogP contribution in [0.15, 0.2) is 35.5 Å². The van der Waals surface area contributed by atoms with Gasteiger partial charge < -0.3 is 23.9 Å². The molecular formula is C18H27N3O4. The first-order valence-corrected chi connectivity index (χ1v) is 8.50. The fraction of sp³-hybridized carbons (Fsp3) is 0.556. The molecule has 1 aromatic rings. The lowest BCUT2D eigenvalue weighted by molar-refractivity contribution is -0.134. The molecule has 0 saturated carbocycles. The third kappa shape index (κ3) is 5.63. The number of hydrogen-bond acceptors (Lipinski definition) is 4. The summed E-state index contributed by atoms with van der Waals surface area (Å²) in [5.41, 5.74) is 0. The quantitative estimate of drug-likeness (QED) is 0.673. The molecule has 2 heterocycles. The number of urea groups is 1. The molecule has 3 amide bonds. The third-order valence-corrected chi connectivity index (χ3v) is 4.06. The minimum absolute atomic E-state index is 0.00351. The highest BCUT2D eigenvalue weighted by atomic mass is 16.5. The lowest BCUT2D eigenvalue weighted by Crippen LogP contribution is -2.47. The molecule has 7 nitrogen and oxygen atoms in total. The maximum atomic E-state index is 12.9. The highest BCUT2D eigenvalue weighted by Gasteiger charge is 2.26. The van der Waals surface area contributed by atoms with Gasteiger partial charge in [-0.05, 0) is 25.0 Å². The van der Waals surface area contributed by atoms with Crippen molar-refractivity contribution in [2.45, 2.75) is 25.5 Å². The van der Waals surface area contributed by atoms with E-state index in [1.807, 2.05) is 6.07 Å². The summed E-state index contributed by atoms with van der Waals surface area (Å²) >= 11 is 0. The minimum atomic E-state index is -0.219. The van der Waals surface area contributed by atoms with Crippen molar-refractivity contribution in [2.75, 3.05) is 40.3 Å². The first-order chi connectivity index (χ1) is 12.0. The summed E-state index contributed by atoms with van der Waals surface area (Å²) in [6.45, 7) is 5.57. The molecule has 0 aliphatic carbocycles. The van der Waals surface area contributed by atoms with Crippen LogP contribution in [-0.4, -0.2) is 73.1 Å². The average Bonchev–Trinajstić information content (AvgIpc) is 3.26. The molecule has 1 aromatic heterocycles. The molecule has 25 heavy (non-hydrogen) atoms. The molecule has 0 spiro atoms. The van der Waals surface area contributed by atoms with Gasteiger partial charge in [-0.25, -0.2) is 4.79 Å². The van der Waals surface area contributed by atoms with Gasteiger partial charge in [0.05, 0.1) is 18.9 Å². The van der Waals surface area contributed by atoms with Gasteiger partial charge in [-0.15, -0.1) is 6.58 Å². The Morgan fingerprint density at radius 2 is 2.16 bits per heavy atom. The Bertz CT molecular complexity index is 565. The van der Waals surface area contributed by atoms with Gasteiger partial charge in [0, 0.05) is 33.8 Å². The predicted octanol–water partition coefficient (Wildman–Crippen LogP) is 1.96. The van der Waals surface area contributed by atoms with Crippen LogP contribution in [0.3, 0.4) is 0 Å². The molecule has 0 aromatic carbocycles. The second kappa shape index (κ2) is 9.27. The molecule has 1 fully saturated rings. The van der Waals surface area contributed by atoms with E-state index in [-0.39, 0.29) is 24.6 Å². The predicted molar refractivity (Wildman–Crippen MR) is 94.0 cm³/mol. The van der Waals surface area contributed by atoms with E-state index in [1.54, 1.807) is 37.4 Å². The number of rotatable bonds is 8. The van der Waals surface area contributed by atoms with Crippen LogP contribution in [-0.2, 0) is 16.1 Å². The summed E-state index contributed by atoms with van der Waals surface area (Å²) in [4.78, 5) is 29.7. The van der Waals surface area contributed by atoms with Gasteiger partial charge in [0.1, 0.15) is 12.3 Å². The van der Waals surface area contributed by atoms with Crippen LogP contribution in [0.1, 0.15) is 18.6 Å². The largest absolute Gasteiger partial charge is 0.467 e.